The zero-order valence-corrected chi connectivity index (χ0v) is 68.8. The lowest BCUT2D eigenvalue weighted by atomic mass is 9.81. The van der Waals surface area contributed by atoms with E-state index < -0.39 is 0 Å². The Hall–Kier alpha value is -14.3. The van der Waals surface area contributed by atoms with Gasteiger partial charge in [-0.05, 0) is 242 Å². The SMILES string of the molecule is CC1(C)c2cc(-c3ccccc3)ccc2-c2ccc(N(c3ccc(-c4ccc(-c5cccc6c5sc5ccccc56)cc4)cc3)c3ccc(-c4cccc5ccccc45)cc3)cc21.CC1(C)c2cc(-c3ccccc3)ccc2-c2ccc(N(c3ccc(-c4ccc5sc6ccccc6c5c4)cc3)c3ccc(-c4ccccc4)c4ccccc34)cc21. The standard InChI is InChI=1S/C61H43NS.C55H39NS/c1-61(2)57-38-46(40-12-4-3-5-13-40)30-36-53(57)54-37-35-49(39-58(54)61)62(48-33-28-44(29-34-48)51-18-10-15-43-14-6-7-16-50(43)51)47-31-26-42(27-32-47)41-22-24-45(25-23-41)52-19-11-20-56-55-17-8-9-21-59(55)63-60(52)56;1-55(2)50-34-40(36-13-5-3-6-14-36)23-28-45(50)46-29-27-42(35-51(46)55)56(52-31-30-43(38-15-7-4-8-16-38)44-17-9-10-18-47(44)52)41-25-21-37(22-26-41)39-24-32-54-49(33-39)48-19-11-12-20-53(48)57-54/h3-39H,1-2H3;3-35H,1-2H3. The molecule has 2 aliphatic carbocycles. The Labute approximate surface area is 708 Å². The van der Waals surface area contributed by atoms with Crippen LogP contribution >= 0.6 is 22.7 Å². The number of thiophene rings is 2. The van der Waals surface area contributed by atoms with Crippen LogP contribution in [0.25, 0.3) is 162 Å². The maximum Gasteiger partial charge on any atom is 0.0540 e. The van der Waals surface area contributed by atoms with Crippen LogP contribution in [0.2, 0.25) is 0 Å². The molecule has 0 atom stereocenters. The van der Waals surface area contributed by atoms with Crippen molar-refractivity contribution in [2.45, 2.75) is 38.5 Å². The van der Waals surface area contributed by atoms with Gasteiger partial charge in [0.2, 0.25) is 0 Å². The monoisotopic (exact) mass is 1570 g/mol. The van der Waals surface area contributed by atoms with E-state index >= 15 is 0 Å². The van der Waals surface area contributed by atoms with E-state index in [1.165, 1.54) is 184 Å². The Kier molecular flexibility index (Phi) is 17.7. The molecule has 21 aromatic rings. The molecule has 2 aromatic heterocycles. The molecule has 0 spiro atoms. The molecule has 0 fully saturated rings. The third-order valence-electron chi connectivity index (χ3n) is 25.4. The second kappa shape index (κ2) is 29.4. The number of fused-ring (bicyclic) bond motifs is 14. The summed E-state index contributed by atoms with van der Waals surface area (Å²) in [6.45, 7) is 9.52. The highest BCUT2D eigenvalue weighted by Gasteiger charge is 2.38. The molecule has 4 heteroatoms. The second-order valence-corrected chi connectivity index (χ2v) is 35.1. The molecule has 0 saturated carbocycles. The molecule has 568 valence electrons. The maximum absolute atomic E-state index is 2.46. The first-order valence-electron chi connectivity index (χ1n) is 41.6. The summed E-state index contributed by atoms with van der Waals surface area (Å²) in [6.07, 6.45) is 0. The Morgan fingerprint density at radius 3 is 1.11 bits per heavy atom. The lowest BCUT2D eigenvalue weighted by Crippen LogP contribution is -2.17. The molecule has 0 unspecified atom stereocenters. The summed E-state index contributed by atoms with van der Waals surface area (Å²) in [4.78, 5) is 4.88. The van der Waals surface area contributed by atoms with Crippen LogP contribution in [0.4, 0.5) is 34.1 Å². The molecule has 2 heterocycles. The fourth-order valence-corrected chi connectivity index (χ4v) is 21.5. The van der Waals surface area contributed by atoms with E-state index in [0.717, 1.165) is 34.1 Å². The van der Waals surface area contributed by atoms with Crippen molar-refractivity contribution < 1.29 is 0 Å². The molecule has 23 rings (SSSR count). The molecule has 19 aromatic carbocycles. The lowest BCUT2D eigenvalue weighted by Gasteiger charge is -2.29. The number of nitrogens with zero attached hydrogens (tertiary/aromatic N) is 2. The van der Waals surface area contributed by atoms with Crippen molar-refractivity contribution in [2.24, 2.45) is 0 Å². The summed E-state index contributed by atoms with van der Waals surface area (Å²) in [5, 5.41) is 10.3. The molecule has 120 heavy (non-hydrogen) atoms. The van der Waals surface area contributed by atoms with Gasteiger partial charge in [-0.25, -0.2) is 0 Å². The van der Waals surface area contributed by atoms with Crippen molar-refractivity contribution >= 4 is 119 Å². The van der Waals surface area contributed by atoms with E-state index in [1.807, 2.05) is 22.7 Å². The summed E-state index contributed by atoms with van der Waals surface area (Å²) in [6, 6.07) is 157. The summed E-state index contributed by atoms with van der Waals surface area (Å²) in [7, 11) is 0. The topological polar surface area (TPSA) is 6.48 Å². The van der Waals surface area contributed by atoms with Crippen molar-refractivity contribution in [3.05, 3.63) is 447 Å². The number of benzene rings is 19. The van der Waals surface area contributed by atoms with Crippen molar-refractivity contribution in [2.75, 3.05) is 9.80 Å². The van der Waals surface area contributed by atoms with Crippen LogP contribution in [0, 0.1) is 0 Å². The molecule has 0 amide bonds. The summed E-state index contributed by atoms with van der Waals surface area (Å²) < 4.78 is 5.33. The molecule has 0 aliphatic heterocycles. The van der Waals surface area contributed by atoms with Gasteiger partial charge in [-0.15, -0.1) is 22.7 Å². The van der Waals surface area contributed by atoms with Crippen LogP contribution in [0.5, 0.6) is 0 Å². The largest absolute Gasteiger partial charge is 0.310 e. The fraction of sp³-hybridized carbons (Fsp3) is 0.0517. The predicted molar refractivity (Wildman–Crippen MR) is 516 cm³/mol. The maximum atomic E-state index is 2.46. The van der Waals surface area contributed by atoms with Crippen LogP contribution in [0.15, 0.2) is 425 Å². The average Bonchev–Trinajstić information content (AvgIpc) is 1.56. The van der Waals surface area contributed by atoms with E-state index in [-0.39, 0.29) is 10.8 Å². The smallest absolute Gasteiger partial charge is 0.0540 e. The molecule has 2 aliphatic rings. The highest BCUT2D eigenvalue weighted by Crippen LogP contribution is 2.55. The van der Waals surface area contributed by atoms with Crippen LogP contribution in [-0.2, 0) is 10.8 Å². The Bertz CT molecular complexity index is 7540. The number of hydrogen-bond acceptors (Lipinski definition) is 4. The molecule has 0 N–H and O–H groups in total. The van der Waals surface area contributed by atoms with E-state index in [0.29, 0.717) is 0 Å². The minimum Gasteiger partial charge on any atom is -0.310 e. The first kappa shape index (κ1) is 72.2. The Morgan fingerprint density at radius 1 is 0.183 bits per heavy atom. The van der Waals surface area contributed by atoms with Gasteiger partial charge in [0.25, 0.3) is 0 Å². The van der Waals surface area contributed by atoms with Gasteiger partial charge >= 0.3 is 0 Å². The first-order valence-corrected chi connectivity index (χ1v) is 43.2. The van der Waals surface area contributed by atoms with Crippen LogP contribution in [0.3, 0.4) is 0 Å². The van der Waals surface area contributed by atoms with E-state index in [1.54, 1.807) is 0 Å². The minimum atomic E-state index is -0.176. The third kappa shape index (κ3) is 12.5. The molecular weight excluding hydrogens is 1490 g/mol. The predicted octanol–water partition coefficient (Wildman–Crippen LogP) is 33.6. The Balaban J connectivity index is 0.000000145. The van der Waals surface area contributed by atoms with Crippen LogP contribution in [-0.4, -0.2) is 0 Å². The minimum absolute atomic E-state index is 0.173. The quantitative estimate of drug-likeness (QED) is 0.114. The number of anilines is 6. The fourth-order valence-electron chi connectivity index (χ4n) is 19.2. The van der Waals surface area contributed by atoms with Gasteiger partial charge in [0.1, 0.15) is 0 Å². The summed E-state index contributed by atoms with van der Waals surface area (Å²) in [5.41, 5.74) is 34.4. The summed E-state index contributed by atoms with van der Waals surface area (Å²) >= 11 is 3.75. The first-order chi connectivity index (χ1) is 59.0. The molecule has 0 radical (unpaired) electrons. The van der Waals surface area contributed by atoms with Gasteiger partial charge in [0.15, 0.2) is 0 Å². The van der Waals surface area contributed by atoms with E-state index in [4.69, 9.17) is 0 Å². The van der Waals surface area contributed by atoms with Crippen LogP contribution in [0.1, 0.15) is 49.9 Å². The number of hydrogen-bond donors (Lipinski definition) is 0. The van der Waals surface area contributed by atoms with Gasteiger partial charge in [-0.2, -0.15) is 0 Å². The lowest BCUT2D eigenvalue weighted by molar-refractivity contribution is 0.660. The van der Waals surface area contributed by atoms with Crippen LogP contribution < -0.4 is 9.80 Å². The molecular formula is C116H82N2S2. The molecule has 0 bridgehead atoms. The summed E-state index contributed by atoms with van der Waals surface area (Å²) in [5.74, 6) is 0. The Morgan fingerprint density at radius 2 is 0.517 bits per heavy atom. The van der Waals surface area contributed by atoms with Crippen molar-refractivity contribution in [3.8, 4) is 100 Å². The van der Waals surface area contributed by atoms with E-state index in [9.17, 15) is 0 Å². The highest BCUT2D eigenvalue weighted by molar-refractivity contribution is 7.26. The third-order valence-corrected chi connectivity index (χ3v) is 27.8. The number of rotatable bonds is 13. The van der Waals surface area contributed by atoms with Crippen molar-refractivity contribution in [1.29, 1.82) is 0 Å². The van der Waals surface area contributed by atoms with Crippen molar-refractivity contribution in [1.82, 2.24) is 0 Å². The zero-order chi connectivity index (χ0) is 80.2. The second-order valence-electron chi connectivity index (χ2n) is 33.0. The van der Waals surface area contributed by atoms with E-state index in [2.05, 4.69) is 462 Å². The zero-order valence-electron chi connectivity index (χ0n) is 67.1. The van der Waals surface area contributed by atoms with Gasteiger partial charge in [-0.1, -0.05) is 349 Å². The van der Waals surface area contributed by atoms with Crippen molar-refractivity contribution in [3.63, 3.8) is 0 Å². The highest BCUT2D eigenvalue weighted by atomic mass is 32.1. The van der Waals surface area contributed by atoms with Gasteiger partial charge in [0.05, 0.1) is 5.69 Å². The van der Waals surface area contributed by atoms with Gasteiger partial charge < -0.3 is 9.80 Å². The van der Waals surface area contributed by atoms with Gasteiger partial charge in [0, 0.05) is 85.0 Å². The average molecular weight is 1570 g/mol. The molecule has 2 nitrogen and oxygen atoms in total. The molecule has 0 saturated heterocycles. The normalized spacial score (nSPS) is 12.8. The van der Waals surface area contributed by atoms with Gasteiger partial charge in [-0.3, -0.25) is 0 Å².